The van der Waals surface area contributed by atoms with Gasteiger partial charge in [-0.3, -0.25) is 0 Å². The van der Waals surface area contributed by atoms with E-state index in [4.69, 9.17) is 0 Å². The van der Waals surface area contributed by atoms with Crippen molar-refractivity contribution in [3.05, 3.63) is 108 Å². The van der Waals surface area contributed by atoms with Crippen molar-refractivity contribution in [2.24, 2.45) is 0 Å². The molecule has 1 N–H and O–H groups in total. The summed E-state index contributed by atoms with van der Waals surface area (Å²) in [5.41, 5.74) is 10.9. The number of aromatic amines is 1. The van der Waals surface area contributed by atoms with Crippen molar-refractivity contribution >= 4 is 53.3 Å². The smallest absolute Gasteiger partial charge is 0.0465 e. The monoisotopic (exact) mass is 479 g/mol. The molecular formula is C34H25NS. The topological polar surface area (TPSA) is 15.8 Å². The van der Waals surface area contributed by atoms with Crippen molar-refractivity contribution in [2.75, 3.05) is 0 Å². The molecule has 1 nitrogen and oxygen atoms in total. The van der Waals surface area contributed by atoms with Crippen LogP contribution >= 0.6 is 11.3 Å². The second-order valence-corrected chi connectivity index (χ2v) is 11.1. The molecule has 0 aliphatic heterocycles. The van der Waals surface area contributed by atoms with E-state index in [9.17, 15) is 0 Å². The van der Waals surface area contributed by atoms with E-state index in [0.29, 0.717) is 0 Å². The zero-order valence-electron chi connectivity index (χ0n) is 20.0. The van der Waals surface area contributed by atoms with Crippen LogP contribution in [-0.2, 0) is 12.8 Å². The average molecular weight is 480 g/mol. The van der Waals surface area contributed by atoms with Crippen molar-refractivity contribution in [1.29, 1.82) is 0 Å². The van der Waals surface area contributed by atoms with Crippen molar-refractivity contribution in [3.63, 3.8) is 0 Å². The summed E-state index contributed by atoms with van der Waals surface area (Å²) in [6.45, 7) is 0. The van der Waals surface area contributed by atoms with Crippen molar-refractivity contribution in [2.45, 2.75) is 25.7 Å². The normalized spacial score (nSPS) is 13.7. The fraction of sp³-hybridized carbons (Fsp3) is 0.118. The van der Waals surface area contributed by atoms with Crippen LogP contribution in [0.3, 0.4) is 0 Å². The summed E-state index contributed by atoms with van der Waals surface area (Å²) in [5.74, 6) is 0. The van der Waals surface area contributed by atoms with Gasteiger partial charge in [0.15, 0.2) is 0 Å². The van der Waals surface area contributed by atoms with Gasteiger partial charge in [-0.1, -0.05) is 78.9 Å². The Morgan fingerprint density at radius 2 is 1.22 bits per heavy atom. The van der Waals surface area contributed by atoms with Gasteiger partial charge in [0.2, 0.25) is 0 Å². The van der Waals surface area contributed by atoms with Gasteiger partial charge < -0.3 is 4.98 Å². The second kappa shape index (κ2) is 7.81. The Morgan fingerprint density at radius 1 is 0.528 bits per heavy atom. The Hall–Kier alpha value is -3.88. The van der Waals surface area contributed by atoms with Crippen LogP contribution in [-0.4, -0.2) is 4.98 Å². The zero-order chi connectivity index (χ0) is 23.6. The van der Waals surface area contributed by atoms with Gasteiger partial charge in [-0.15, -0.1) is 11.3 Å². The number of benzene rings is 5. The molecule has 0 radical (unpaired) electrons. The molecular weight excluding hydrogens is 454 g/mol. The molecule has 0 unspecified atom stereocenters. The van der Waals surface area contributed by atoms with Crippen molar-refractivity contribution in [3.8, 4) is 22.3 Å². The molecule has 1 aliphatic rings. The molecule has 5 aromatic carbocycles. The summed E-state index contributed by atoms with van der Waals surface area (Å²) >= 11 is 1.96. The van der Waals surface area contributed by atoms with Crippen molar-refractivity contribution < 1.29 is 0 Å². The number of aryl methyl sites for hydroxylation is 1. The molecule has 0 saturated carbocycles. The highest BCUT2D eigenvalue weighted by Gasteiger charge is 2.18. The first-order valence-electron chi connectivity index (χ1n) is 12.9. The Labute approximate surface area is 214 Å². The first-order valence-corrected chi connectivity index (χ1v) is 13.7. The molecule has 0 fully saturated rings. The number of aromatic nitrogens is 1. The van der Waals surface area contributed by atoms with Gasteiger partial charge in [-0.05, 0) is 77.3 Å². The van der Waals surface area contributed by atoms with Crippen LogP contribution in [0.2, 0.25) is 0 Å². The molecule has 2 heteroatoms. The number of nitrogens with one attached hydrogen (secondary N) is 1. The van der Waals surface area contributed by atoms with E-state index in [2.05, 4.69) is 102 Å². The summed E-state index contributed by atoms with van der Waals surface area (Å²) in [5, 5.41) is 5.31. The number of rotatable bonds is 2. The molecule has 0 spiro atoms. The zero-order valence-corrected chi connectivity index (χ0v) is 20.8. The minimum Gasteiger partial charge on any atom is -0.355 e. The summed E-state index contributed by atoms with van der Waals surface area (Å²) in [7, 11) is 0. The lowest BCUT2D eigenvalue weighted by Gasteiger charge is -2.19. The van der Waals surface area contributed by atoms with Gasteiger partial charge in [0.05, 0.1) is 0 Å². The molecule has 172 valence electrons. The summed E-state index contributed by atoms with van der Waals surface area (Å²) in [6.07, 6.45) is 5.02. The van der Waals surface area contributed by atoms with Gasteiger partial charge in [0.25, 0.3) is 0 Å². The number of hydrogen-bond donors (Lipinski definition) is 1. The SMILES string of the molecule is c1cc2c(c(-c3cccc4c3sc3c(-c5ccc6[nH]c7ccccc7c6c5)cccc34)c1)CCCC2. The highest BCUT2D eigenvalue weighted by atomic mass is 32.1. The van der Waals surface area contributed by atoms with Crippen LogP contribution < -0.4 is 0 Å². The molecule has 0 saturated heterocycles. The first kappa shape index (κ1) is 20.3. The third-order valence-corrected chi connectivity index (χ3v) is 9.32. The minimum absolute atomic E-state index is 1.19. The molecule has 0 amide bonds. The summed E-state index contributed by atoms with van der Waals surface area (Å²) in [4.78, 5) is 3.57. The molecule has 8 rings (SSSR count). The van der Waals surface area contributed by atoms with E-state index in [1.807, 2.05) is 11.3 Å². The quantitative estimate of drug-likeness (QED) is 0.254. The fourth-order valence-corrected chi connectivity index (χ4v) is 7.67. The molecule has 2 heterocycles. The minimum atomic E-state index is 1.19. The predicted molar refractivity (Wildman–Crippen MR) is 156 cm³/mol. The molecule has 36 heavy (non-hydrogen) atoms. The van der Waals surface area contributed by atoms with Gasteiger partial charge in [-0.25, -0.2) is 0 Å². The summed E-state index contributed by atoms with van der Waals surface area (Å²) < 4.78 is 2.79. The van der Waals surface area contributed by atoms with Gasteiger partial charge in [0, 0.05) is 42.0 Å². The van der Waals surface area contributed by atoms with Crippen LogP contribution in [0.4, 0.5) is 0 Å². The Bertz CT molecular complexity index is 1950. The number of para-hydroxylation sites is 1. The fourth-order valence-electron chi connectivity index (χ4n) is 6.31. The lowest BCUT2D eigenvalue weighted by molar-refractivity contribution is 0.687. The van der Waals surface area contributed by atoms with Gasteiger partial charge in [-0.2, -0.15) is 0 Å². The standard InChI is InChI=1S/C34H25NS/c1-2-10-23-21(8-1)9-5-13-25(23)27-14-7-16-29-28-15-6-12-24(33(28)36-34(27)29)22-18-19-32-30(20-22)26-11-3-4-17-31(26)35-32/h3-7,9,11-20,35H,1-2,8,10H2. The van der Waals surface area contributed by atoms with E-state index < -0.39 is 0 Å². The molecule has 0 atom stereocenters. The molecule has 1 aliphatic carbocycles. The lowest BCUT2D eigenvalue weighted by atomic mass is 9.85. The third kappa shape index (κ3) is 2.95. The molecule has 0 bridgehead atoms. The maximum atomic E-state index is 3.57. The van der Waals surface area contributed by atoms with Crippen LogP contribution in [0.25, 0.3) is 64.2 Å². The predicted octanol–water partition coefficient (Wildman–Crippen LogP) is 9.90. The van der Waals surface area contributed by atoms with E-state index in [1.165, 1.54) is 89.9 Å². The maximum Gasteiger partial charge on any atom is 0.0465 e. The average Bonchev–Trinajstić information content (AvgIpc) is 3.51. The maximum absolute atomic E-state index is 3.57. The van der Waals surface area contributed by atoms with Crippen molar-refractivity contribution in [1.82, 2.24) is 4.98 Å². The van der Waals surface area contributed by atoms with Gasteiger partial charge in [0.1, 0.15) is 0 Å². The second-order valence-electron chi connectivity index (χ2n) is 10.0. The lowest BCUT2D eigenvalue weighted by Crippen LogP contribution is -2.04. The highest BCUT2D eigenvalue weighted by molar-refractivity contribution is 7.26. The largest absolute Gasteiger partial charge is 0.355 e. The Kier molecular flexibility index (Phi) is 4.41. The van der Waals surface area contributed by atoms with E-state index in [0.717, 1.165) is 0 Å². The van der Waals surface area contributed by atoms with Gasteiger partial charge >= 0.3 is 0 Å². The van der Waals surface area contributed by atoms with E-state index >= 15 is 0 Å². The number of H-pyrrole nitrogens is 1. The number of hydrogen-bond acceptors (Lipinski definition) is 1. The first-order chi connectivity index (χ1) is 17.8. The molecule has 7 aromatic rings. The van der Waals surface area contributed by atoms with Crippen LogP contribution in [0.15, 0.2) is 97.1 Å². The number of thiophene rings is 1. The van der Waals surface area contributed by atoms with Crippen LogP contribution in [0.1, 0.15) is 24.0 Å². The third-order valence-electron chi connectivity index (χ3n) is 8.03. The number of fused-ring (bicyclic) bond motifs is 7. The van der Waals surface area contributed by atoms with E-state index in [1.54, 1.807) is 11.1 Å². The van der Waals surface area contributed by atoms with Crippen LogP contribution in [0, 0.1) is 0 Å². The highest BCUT2D eigenvalue weighted by Crippen LogP contribution is 2.45. The van der Waals surface area contributed by atoms with Crippen LogP contribution in [0.5, 0.6) is 0 Å². The molecule has 2 aromatic heterocycles. The van der Waals surface area contributed by atoms with E-state index in [-0.39, 0.29) is 0 Å². The Morgan fingerprint density at radius 3 is 2.14 bits per heavy atom. The Balaban J connectivity index is 1.37. The summed E-state index contributed by atoms with van der Waals surface area (Å²) in [6, 6.07) is 36.1.